The first-order valence-corrected chi connectivity index (χ1v) is 18.3. The molecule has 1 atom stereocenters. The molecule has 2 N–H and O–H groups in total. The zero-order valence-corrected chi connectivity index (χ0v) is 28.6. The summed E-state index contributed by atoms with van der Waals surface area (Å²) in [6, 6.07) is 0. The second-order valence-corrected chi connectivity index (χ2v) is 13.3. The number of carbonyl (C=O) groups excluding carboxylic acids is 2. The Morgan fingerprint density at radius 3 is 0.902 bits per heavy atom. The average Bonchev–Trinajstić information content (AvgIpc) is 2.96. The highest BCUT2D eigenvalue weighted by molar-refractivity contribution is 6.07. The first-order chi connectivity index (χ1) is 19.8. The summed E-state index contributed by atoms with van der Waals surface area (Å²) in [6.07, 6.45) is 33.5. The molecule has 4 heteroatoms. The molecule has 0 radical (unpaired) electrons. The van der Waals surface area contributed by atoms with E-state index in [0.717, 1.165) is 38.5 Å². The van der Waals surface area contributed by atoms with Crippen molar-refractivity contribution in [2.45, 2.75) is 213 Å². The molecule has 0 fully saturated rings. The minimum absolute atomic E-state index is 0.111. The number of aliphatic hydroxyl groups is 1. The maximum absolute atomic E-state index is 13.3. The molecule has 41 heavy (non-hydrogen) atoms. The molecule has 0 aromatic rings. The van der Waals surface area contributed by atoms with Crippen molar-refractivity contribution in [1.82, 2.24) is 5.32 Å². The summed E-state index contributed by atoms with van der Waals surface area (Å²) in [5.74, 6) is -0.223. The molecule has 0 saturated heterocycles. The lowest BCUT2D eigenvalue weighted by Gasteiger charge is -2.40. The van der Waals surface area contributed by atoms with Crippen molar-refractivity contribution in [2.75, 3.05) is 7.05 Å². The molecule has 0 spiro atoms. The molecule has 0 aromatic carbocycles. The quantitative estimate of drug-likeness (QED) is 0.0472. The van der Waals surface area contributed by atoms with Crippen LogP contribution in [-0.2, 0) is 9.59 Å². The maximum atomic E-state index is 13.3. The standard InChI is InChI=1S/C37H73NO3/c1-6-8-10-12-14-16-18-20-22-24-26-28-30-32-34(39)36(3,37(4,41)38-5)35(40)33-31-29-27-25-23-21-19-17-15-13-11-9-7-2/h38,41H,6-33H2,1-5H3. The zero-order chi connectivity index (χ0) is 30.7. The van der Waals surface area contributed by atoms with Crippen molar-refractivity contribution in [1.29, 1.82) is 0 Å². The predicted octanol–water partition coefficient (Wildman–Crippen LogP) is 11.0. The lowest BCUT2D eigenvalue weighted by atomic mass is 9.70. The number of rotatable bonds is 32. The highest BCUT2D eigenvalue weighted by atomic mass is 16.3. The summed E-state index contributed by atoms with van der Waals surface area (Å²) >= 11 is 0. The molecule has 0 bridgehead atoms. The summed E-state index contributed by atoms with van der Waals surface area (Å²) in [5, 5.41) is 13.9. The Morgan fingerprint density at radius 1 is 0.463 bits per heavy atom. The molecule has 0 aliphatic heterocycles. The zero-order valence-electron chi connectivity index (χ0n) is 28.6. The second kappa shape index (κ2) is 26.9. The van der Waals surface area contributed by atoms with Gasteiger partial charge in [0.05, 0.1) is 0 Å². The van der Waals surface area contributed by atoms with E-state index in [-0.39, 0.29) is 11.6 Å². The van der Waals surface area contributed by atoms with Gasteiger partial charge in [-0.05, 0) is 33.7 Å². The van der Waals surface area contributed by atoms with E-state index >= 15 is 0 Å². The van der Waals surface area contributed by atoms with Gasteiger partial charge in [-0.15, -0.1) is 0 Å². The molecule has 4 nitrogen and oxygen atoms in total. The molecule has 0 saturated carbocycles. The summed E-state index contributed by atoms with van der Waals surface area (Å²) in [6.45, 7) is 7.78. The fourth-order valence-electron chi connectivity index (χ4n) is 6.06. The van der Waals surface area contributed by atoms with Gasteiger partial charge >= 0.3 is 0 Å². The van der Waals surface area contributed by atoms with Crippen LogP contribution in [0.3, 0.4) is 0 Å². The smallest absolute Gasteiger partial charge is 0.150 e. The van der Waals surface area contributed by atoms with Crippen LogP contribution in [0.5, 0.6) is 0 Å². The van der Waals surface area contributed by atoms with Crippen LogP contribution in [-0.4, -0.2) is 29.4 Å². The fourth-order valence-corrected chi connectivity index (χ4v) is 6.06. The SMILES string of the molecule is CCCCCCCCCCCCCCCC(=O)C(C)(C(=O)CCCCCCCCCCCCCCC)C(C)(O)NC. The predicted molar refractivity (Wildman–Crippen MR) is 178 cm³/mol. The lowest BCUT2D eigenvalue weighted by Crippen LogP contribution is -2.61. The van der Waals surface area contributed by atoms with Gasteiger partial charge in [0.2, 0.25) is 0 Å². The molecule has 0 heterocycles. The van der Waals surface area contributed by atoms with E-state index < -0.39 is 11.1 Å². The Morgan fingerprint density at radius 2 is 0.683 bits per heavy atom. The van der Waals surface area contributed by atoms with Gasteiger partial charge in [0.25, 0.3) is 0 Å². The van der Waals surface area contributed by atoms with Gasteiger partial charge in [0, 0.05) is 12.8 Å². The normalized spacial score (nSPS) is 13.4. The summed E-state index contributed by atoms with van der Waals surface area (Å²) < 4.78 is 0. The first-order valence-electron chi connectivity index (χ1n) is 18.3. The van der Waals surface area contributed by atoms with Crippen LogP contribution in [0.4, 0.5) is 0 Å². The number of hydrogen-bond donors (Lipinski definition) is 2. The van der Waals surface area contributed by atoms with Crippen molar-refractivity contribution >= 4 is 11.6 Å². The van der Waals surface area contributed by atoms with Crippen molar-refractivity contribution in [3.05, 3.63) is 0 Å². The number of Topliss-reactive ketones (excluding diaryl/α,β-unsaturated/α-hetero) is 2. The molecular weight excluding hydrogens is 506 g/mol. The summed E-state index contributed by atoms with van der Waals surface area (Å²) in [7, 11) is 1.63. The average molecular weight is 580 g/mol. The number of hydrogen-bond acceptors (Lipinski definition) is 4. The summed E-state index contributed by atoms with van der Waals surface area (Å²) in [5.41, 5.74) is -2.93. The minimum Gasteiger partial charge on any atom is -0.375 e. The molecule has 244 valence electrons. The van der Waals surface area contributed by atoms with Crippen LogP contribution in [0.1, 0.15) is 207 Å². The number of ketones is 2. The van der Waals surface area contributed by atoms with Crippen molar-refractivity contribution in [3.63, 3.8) is 0 Å². The van der Waals surface area contributed by atoms with Crippen molar-refractivity contribution in [2.24, 2.45) is 5.41 Å². The van der Waals surface area contributed by atoms with Crippen LogP contribution >= 0.6 is 0 Å². The van der Waals surface area contributed by atoms with Crippen LogP contribution < -0.4 is 5.32 Å². The number of unbranched alkanes of at least 4 members (excludes halogenated alkanes) is 24. The van der Waals surface area contributed by atoms with Gasteiger partial charge in [-0.25, -0.2) is 0 Å². The second-order valence-electron chi connectivity index (χ2n) is 13.3. The molecule has 0 rings (SSSR count). The first kappa shape index (κ1) is 40.3. The highest BCUT2D eigenvalue weighted by Crippen LogP contribution is 2.35. The largest absolute Gasteiger partial charge is 0.375 e. The van der Waals surface area contributed by atoms with E-state index in [1.165, 1.54) is 128 Å². The van der Waals surface area contributed by atoms with Crippen LogP contribution in [0.2, 0.25) is 0 Å². The van der Waals surface area contributed by atoms with Gasteiger partial charge in [-0.1, -0.05) is 168 Å². The van der Waals surface area contributed by atoms with Gasteiger partial charge in [-0.2, -0.15) is 0 Å². The van der Waals surface area contributed by atoms with E-state index in [2.05, 4.69) is 19.2 Å². The highest BCUT2D eigenvalue weighted by Gasteiger charge is 2.52. The van der Waals surface area contributed by atoms with Crippen molar-refractivity contribution < 1.29 is 14.7 Å². The minimum atomic E-state index is -1.53. The van der Waals surface area contributed by atoms with Gasteiger partial charge < -0.3 is 5.11 Å². The molecule has 0 aliphatic rings. The Kier molecular flexibility index (Phi) is 26.4. The molecule has 0 aliphatic carbocycles. The van der Waals surface area contributed by atoms with Crippen LogP contribution in [0.25, 0.3) is 0 Å². The monoisotopic (exact) mass is 580 g/mol. The summed E-state index contributed by atoms with van der Waals surface area (Å²) in [4.78, 5) is 26.7. The molecular formula is C37H73NO3. The Labute approximate surface area is 257 Å². The molecule has 0 amide bonds. The third-order valence-corrected chi connectivity index (χ3v) is 9.59. The van der Waals surface area contributed by atoms with Gasteiger partial charge in [0.1, 0.15) is 22.7 Å². The third-order valence-electron chi connectivity index (χ3n) is 9.59. The molecule has 1 unspecified atom stereocenters. The Hall–Kier alpha value is -0.740. The van der Waals surface area contributed by atoms with E-state index in [1.54, 1.807) is 20.9 Å². The van der Waals surface area contributed by atoms with Gasteiger partial charge in [-0.3, -0.25) is 14.9 Å². The van der Waals surface area contributed by atoms with E-state index in [9.17, 15) is 14.7 Å². The molecule has 0 aromatic heterocycles. The van der Waals surface area contributed by atoms with E-state index in [4.69, 9.17) is 0 Å². The third kappa shape index (κ3) is 19.2. The van der Waals surface area contributed by atoms with Crippen LogP contribution in [0.15, 0.2) is 0 Å². The fraction of sp³-hybridized carbons (Fsp3) is 0.946. The van der Waals surface area contributed by atoms with Crippen LogP contribution in [0, 0.1) is 5.41 Å². The van der Waals surface area contributed by atoms with E-state index in [1.807, 2.05) is 0 Å². The number of nitrogens with one attached hydrogen (secondary N) is 1. The van der Waals surface area contributed by atoms with Gasteiger partial charge in [0.15, 0.2) is 0 Å². The van der Waals surface area contributed by atoms with E-state index in [0.29, 0.717) is 12.8 Å². The maximum Gasteiger partial charge on any atom is 0.150 e. The lowest BCUT2D eigenvalue weighted by molar-refractivity contribution is -0.161. The Balaban J connectivity index is 4.14. The topological polar surface area (TPSA) is 66.4 Å². The number of carbonyl (C=O) groups is 2. The van der Waals surface area contributed by atoms with Crippen molar-refractivity contribution in [3.8, 4) is 0 Å². The Bertz CT molecular complexity index is 573.